The van der Waals surface area contributed by atoms with E-state index in [2.05, 4.69) is 44.6 Å². The monoisotopic (exact) mass is 736 g/mol. The lowest BCUT2D eigenvalue weighted by Crippen LogP contribution is -2.52. The summed E-state index contributed by atoms with van der Waals surface area (Å²) in [6, 6.07) is 10.6. The number of hydrogen-bond donors (Lipinski definition) is 2. The van der Waals surface area contributed by atoms with Crippen molar-refractivity contribution in [2.24, 2.45) is 5.92 Å². The molecule has 0 radical (unpaired) electrons. The number of piperazine rings is 1. The summed E-state index contributed by atoms with van der Waals surface area (Å²) in [5.41, 5.74) is 2.61. The molecule has 5 heterocycles. The standard InChI is InChI=1S/C36H42ClFN8O4S/c1-23(15-24-3-2-4-28(16-24)51(50)45-9-7-27(8-10-45)41-36-39-19-26(37)20-40-36)21-43-11-13-44(14-12-43)32-17-25-22-46(35(49)29(25)18-30(32)38)31-5-6-33(47)42-34(31)48/h2-4,16-20,23,27,31H,5-15,21-22H2,1H3,(H,39,40,41)(H,42,47,48). The first kappa shape index (κ1) is 35.4. The molecule has 7 rings (SSSR count). The molecule has 2 N–H and O–H groups in total. The molecule has 12 nitrogen and oxygen atoms in total. The van der Waals surface area contributed by atoms with E-state index in [1.165, 1.54) is 11.0 Å². The number of nitrogens with zero attached hydrogens (tertiary/aromatic N) is 6. The molecule has 0 bridgehead atoms. The van der Waals surface area contributed by atoms with E-state index in [0.29, 0.717) is 54.3 Å². The summed E-state index contributed by atoms with van der Waals surface area (Å²) in [6.45, 7) is 7.61. The smallest absolute Gasteiger partial charge is 0.255 e. The lowest BCUT2D eigenvalue weighted by molar-refractivity contribution is -0.136. The number of fused-ring (bicyclic) bond motifs is 1. The van der Waals surface area contributed by atoms with E-state index in [0.717, 1.165) is 49.4 Å². The van der Waals surface area contributed by atoms with Crippen LogP contribution in [0.5, 0.6) is 0 Å². The van der Waals surface area contributed by atoms with Crippen molar-refractivity contribution < 1.29 is 23.0 Å². The highest BCUT2D eigenvalue weighted by Gasteiger charge is 2.40. The Bertz CT molecular complexity index is 1820. The molecule has 3 aromatic rings. The molecule has 4 aliphatic rings. The van der Waals surface area contributed by atoms with Gasteiger partial charge < -0.3 is 15.1 Å². The molecule has 3 atom stereocenters. The van der Waals surface area contributed by atoms with Crippen molar-refractivity contribution in [3.63, 3.8) is 0 Å². The Hall–Kier alpha value is -3.98. The number of imide groups is 1. The number of halogens is 2. The Morgan fingerprint density at radius 2 is 1.76 bits per heavy atom. The molecule has 0 spiro atoms. The maximum Gasteiger partial charge on any atom is 0.255 e. The number of carbonyl (C=O) groups is 3. The highest BCUT2D eigenvalue weighted by Crippen LogP contribution is 2.33. The molecule has 0 saturated carbocycles. The van der Waals surface area contributed by atoms with Crippen molar-refractivity contribution in [3.05, 3.63) is 76.3 Å². The second kappa shape index (κ2) is 15.3. The van der Waals surface area contributed by atoms with Crippen molar-refractivity contribution >= 4 is 51.9 Å². The summed E-state index contributed by atoms with van der Waals surface area (Å²) < 4.78 is 30.9. The van der Waals surface area contributed by atoms with Crippen LogP contribution in [-0.2, 0) is 33.5 Å². The number of anilines is 2. The summed E-state index contributed by atoms with van der Waals surface area (Å²) in [5.74, 6) is -0.726. The zero-order chi connectivity index (χ0) is 35.6. The molecule has 3 fully saturated rings. The van der Waals surface area contributed by atoms with Crippen LogP contribution in [0.3, 0.4) is 0 Å². The summed E-state index contributed by atoms with van der Waals surface area (Å²) >= 11 is 5.89. The van der Waals surface area contributed by atoms with Crippen molar-refractivity contribution in [1.82, 2.24) is 29.4 Å². The van der Waals surface area contributed by atoms with Gasteiger partial charge in [0, 0.05) is 70.4 Å². The number of amides is 3. The highest BCUT2D eigenvalue weighted by molar-refractivity contribution is 7.82. The third kappa shape index (κ3) is 8.09. The molecule has 4 aliphatic heterocycles. The van der Waals surface area contributed by atoms with Gasteiger partial charge in [-0.3, -0.25) is 24.6 Å². The predicted octanol–water partition coefficient (Wildman–Crippen LogP) is 3.63. The number of piperidine rings is 2. The van der Waals surface area contributed by atoms with Gasteiger partial charge in [-0.05, 0) is 67.0 Å². The first-order valence-corrected chi connectivity index (χ1v) is 19.0. The molecule has 2 aromatic carbocycles. The van der Waals surface area contributed by atoms with E-state index in [-0.39, 0.29) is 42.8 Å². The van der Waals surface area contributed by atoms with Crippen LogP contribution >= 0.6 is 11.6 Å². The minimum Gasteiger partial charge on any atom is -0.367 e. The Kier molecular flexibility index (Phi) is 10.6. The second-order valence-electron chi connectivity index (χ2n) is 13.9. The normalized spacial score (nSPS) is 21.8. The third-order valence-electron chi connectivity index (χ3n) is 10.2. The van der Waals surface area contributed by atoms with Gasteiger partial charge in [0.15, 0.2) is 0 Å². The minimum absolute atomic E-state index is 0.175. The molecule has 3 unspecified atom stereocenters. The van der Waals surface area contributed by atoms with Gasteiger partial charge in [-0.1, -0.05) is 30.7 Å². The molecule has 3 amide bonds. The summed E-state index contributed by atoms with van der Waals surface area (Å²) in [5, 5.41) is 6.15. The van der Waals surface area contributed by atoms with Gasteiger partial charge in [-0.15, -0.1) is 0 Å². The Labute approximate surface area is 304 Å². The Morgan fingerprint density at radius 1 is 1.02 bits per heavy atom. The van der Waals surface area contributed by atoms with Gasteiger partial charge in [0.1, 0.15) is 22.8 Å². The highest BCUT2D eigenvalue weighted by atomic mass is 35.5. The largest absolute Gasteiger partial charge is 0.367 e. The summed E-state index contributed by atoms with van der Waals surface area (Å²) in [7, 11) is -1.24. The first-order valence-electron chi connectivity index (χ1n) is 17.6. The van der Waals surface area contributed by atoms with Crippen LogP contribution in [0.1, 0.15) is 54.1 Å². The molecule has 15 heteroatoms. The number of benzene rings is 2. The quantitative estimate of drug-likeness (QED) is 0.300. The lowest BCUT2D eigenvalue weighted by Gasteiger charge is -2.37. The number of rotatable bonds is 10. The SMILES string of the molecule is CC(Cc1cccc(S(=O)N2CCC(Nc3ncc(Cl)cn3)CC2)c1)CN1CCN(c2cc3c(cc2F)C(=O)N(C2CCC(=O)NC2=O)C3)CC1. The van der Waals surface area contributed by atoms with Gasteiger partial charge in [-0.2, -0.15) is 0 Å². The van der Waals surface area contributed by atoms with Crippen molar-refractivity contribution in [3.8, 4) is 0 Å². The lowest BCUT2D eigenvalue weighted by atomic mass is 10.0. The van der Waals surface area contributed by atoms with Crippen LogP contribution in [-0.4, -0.2) is 104 Å². The minimum atomic E-state index is -1.24. The van der Waals surface area contributed by atoms with E-state index in [1.54, 1.807) is 18.5 Å². The van der Waals surface area contributed by atoms with Crippen molar-refractivity contribution in [1.29, 1.82) is 0 Å². The maximum absolute atomic E-state index is 15.4. The molecular weight excluding hydrogens is 695 g/mol. The van der Waals surface area contributed by atoms with E-state index in [9.17, 15) is 18.6 Å². The topological polar surface area (TPSA) is 131 Å². The van der Waals surface area contributed by atoms with Gasteiger partial charge in [0.2, 0.25) is 17.8 Å². The summed E-state index contributed by atoms with van der Waals surface area (Å²) in [4.78, 5) is 52.2. The van der Waals surface area contributed by atoms with E-state index in [4.69, 9.17) is 11.6 Å². The zero-order valence-corrected chi connectivity index (χ0v) is 30.1. The Balaban J connectivity index is 0.882. The fourth-order valence-corrected chi connectivity index (χ4v) is 8.95. The average Bonchev–Trinajstić information content (AvgIpc) is 3.43. The summed E-state index contributed by atoms with van der Waals surface area (Å²) in [6.07, 6.45) is 6.12. The fourth-order valence-electron chi connectivity index (χ4n) is 7.56. The molecule has 1 aromatic heterocycles. The van der Waals surface area contributed by atoms with Crippen LogP contribution in [0.2, 0.25) is 5.02 Å². The molecule has 0 aliphatic carbocycles. The van der Waals surface area contributed by atoms with Crippen LogP contribution in [0.15, 0.2) is 53.7 Å². The first-order chi connectivity index (χ1) is 24.6. The Morgan fingerprint density at radius 3 is 2.49 bits per heavy atom. The zero-order valence-electron chi connectivity index (χ0n) is 28.5. The van der Waals surface area contributed by atoms with Gasteiger partial charge >= 0.3 is 0 Å². The van der Waals surface area contributed by atoms with E-state index < -0.39 is 28.8 Å². The third-order valence-corrected chi connectivity index (χ3v) is 11.9. The van der Waals surface area contributed by atoms with Crippen LogP contribution in [0.25, 0.3) is 0 Å². The maximum atomic E-state index is 15.4. The van der Waals surface area contributed by atoms with E-state index >= 15 is 4.39 Å². The van der Waals surface area contributed by atoms with Crippen LogP contribution in [0.4, 0.5) is 16.0 Å². The average molecular weight is 737 g/mol. The van der Waals surface area contributed by atoms with Gasteiger partial charge in [-0.25, -0.2) is 22.9 Å². The molecule has 270 valence electrons. The van der Waals surface area contributed by atoms with Gasteiger partial charge in [0.25, 0.3) is 5.91 Å². The predicted molar refractivity (Wildman–Crippen MR) is 192 cm³/mol. The molecule has 51 heavy (non-hydrogen) atoms. The van der Waals surface area contributed by atoms with E-state index in [1.807, 2.05) is 21.3 Å². The molecule has 3 saturated heterocycles. The van der Waals surface area contributed by atoms with Gasteiger partial charge in [0.05, 0.1) is 28.0 Å². The number of nitrogens with one attached hydrogen (secondary N) is 2. The number of aromatic nitrogens is 2. The van der Waals surface area contributed by atoms with Crippen LogP contribution in [0, 0.1) is 11.7 Å². The van der Waals surface area contributed by atoms with Crippen LogP contribution < -0.4 is 15.5 Å². The second-order valence-corrected chi connectivity index (χ2v) is 15.8. The van der Waals surface area contributed by atoms with Crippen molar-refractivity contribution in [2.75, 3.05) is 56.0 Å². The number of hydrogen-bond acceptors (Lipinski definition) is 9. The fraction of sp³-hybridized carbons (Fsp3) is 0.472. The van der Waals surface area contributed by atoms with Crippen molar-refractivity contribution in [2.45, 2.75) is 62.6 Å². The molecular formula is C36H42ClFN8O4S. The number of carbonyl (C=O) groups excluding carboxylic acids is 3.